The van der Waals surface area contributed by atoms with Crippen molar-refractivity contribution in [1.29, 1.82) is 0 Å². The molecule has 0 radical (unpaired) electrons. The number of carboxylic acid groups (broad SMARTS) is 1. The van der Waals surface area contributed by atoms with Crippen molar-refractivity contribution in [2.24, 2.45) is 11.8 Å². The molecule has 2 aromatic rings. The molecule has 6 heteroatoms. The number of aromatic nitrogens is 2. The van der Waals surface area contributed by atoms with E-state index >= 15 is 0 Å². The fourth-order valence-electron chi connectivity index (χ4n) is 4.85. The number of fused-ring (bicyclic) bond motifs is 1. The van der Waals surface area contributed by atoms with Gasteiger partial charge in [-0.2, -0.15) is 5.10 Å². The minimum atomic E-state index is -0.805. The highest BCUT2D eigenvalue weighted by Crippen LogP contribution is 2.38. The maximum atomic E-state index is 12.8. The number of amides is 1. The van der Waals surface area contributed by atoms with E-state index < -0.39 is 5.97 Å². The summed E-state index contributed by atoms with van der Waals surface area (Å²) >= 11 is 0. The molecule has 0 spiro atoms. The molecule has 0 bridgehead atoms. The third-order valence-electron chi connectivity index (χ3n) is 6.40. The van der Waals surface area contributed by atoms with Gasteiger partial charge in [-0.25, -0.2) is 4.68 Å². The minimum absolute atomic E-state index is 0.0959. The van der Waals surface area contributed by atoms with E-state index in [1.54, 1.807) is 0 Å². The highest BCUT2D eigenvalue weighted by atomic mass is 16.4. The Hall–Kier alpha value is -2.63. The number of nitrogens with zero attached hydrogens (tertiary/aromatic N) is 3. The summed E-state index contributed by atoms with van der Waals surface area (Å²) in [4.78, 5) is 25.7. The van der Waals surface area contributed by atoms with Gasteiger partial charge in [0.25, 0.3) is 5.91 Å². The number of carbonyl (C=O) groups excluding carboxylic acids is 1. The number of hydrogen-bond acceptors (Lipinski definition) is 3. The van der Waals surface area contributed by atoms with Crippen LogP contribution < -0.4 is 0 Å². The number of benzene rings is 1. The maximum Gasteiger partial charge on any atom is 0.303 e. The summed E-state index contributed by atoms with van der Waals surface area (Å²) in [7, 11) is 0. The fourth-order valence-corrected chi connectivity index (χ4v) is 4.85. The van der Waals surface area contributed by atoms with Crippen molar-refractivity contribution in [2.75, 3.05) is 13.1 Å². The van der Waals surface area contributed by atoms with E-state index in [9.17, 15) is 9.59 Å². The Bertz CT molecular complexity index is 888. The molecule has 28 heavy (non-hydrogen) atoms. The van der Waals surface area contributed by atoms with E-state index in [4.69, 9.17) is 5.11 Å². The van der Waals surface area contributed by atoms with Gasteiger partial charge in [0, 0.05) is 30.8 Å². The van der Waals surface area contributed by atoms with Crippen molar-refractivity contribution in [1.82, 2.24) is 14.7 Å². The molecule has 1 aromatic carbocycles. The highest BCUT2D eigenvalue weighted by molar-refractivity contribution is 5.94. The SMILES string of the molecule is Cc1nn(-c2ccc(C(=O)N3C[C@H]4CCC[C@@H]4C3)cc2)c(C)c1CCC(=O)O. The zero-order valence-corrected chi connectivity index (χ0v) is 16.5. The Labute approximate surface area is 165 Å². The second-order valence-corrected chi connectivity index (χ2v) is 8.16. The van der Waals surface area contributed by atoms with Gasteiger partial charge in [-0.05, 0) is 74.8 Å². The third kappa shape index (κ3) is 3.43. The van der Waals surface area contributed by atoms with Gasteiger partial charge in [-0.15, -0.1) is 0 Å². The van der Waals surface area contributed by atoms with Crippen molar-refractivity contribution in [3.8, 4) is 5.69 Å². The van der Waals surface area contributed by atoms with Crippen molar-refractivity contribution >= 4 is 11.9 Å². The summed E-state index contributed by atoms with van der Waals surface area (Å²) in [6.07, 6.45) is 4.40. The average Bonchev–Trinajstić information content (AvgIpc) is 3.34. The minimum Gasteiger partial charge on any atom is -0.481 e. The van der Waals surface area contributed by atoms with E-state index in [0.29, 0.717) is 18.3 Å². The van der Waals surface area contributed by atoms with Crippen molar-refractivity contribution in [2.45, 2.75) is 46.0 Å². The lowest BCUT2D eigenvalue weighted by Gasteiger charge is -2.17. The van der Waals surface area contributed by atoms with E-state index in [0.717, 1.165) is 41.3 Å². The van der Waals surface area contributed by atoms with Crippen LogP contribution in [0.4, 0.5) is 0 Å². The standard InChI is InChI=1S/C22H27N3O3/c1-14-20(10-11-21(26)27)15(2)25(23-14)19-8-6-16(7-9-19)22(28)24-12-17-4-3-5-18(17)13-24/h6-9,17-18H,3-5,10-13H2,1-2H3,(H,26,27)/t17-,18-/m1/s1. The molecule has 1 saturated heterocycles. The Morgan fingerprint density at radius 2 is 1.75 bits per heavy atom. The van der Waals surface area contributed by atoms with Gasteiger partial charge in [-0.3, -0.25) is 9.59 Å². The first-order chi connectivity index (χ1) is 13.4. The number of carboxylic acids is 1. The van der Waals surface area contributed by atoms with Gasteiger partial charge in [0.1, 0.15) is 0 Å². The predicted octanol–water partition coefficient (Wildman–Crippen LogP) is 3.38. The second kappa shape index (κ2) is 7.41. The fraction of sp³-hybridized carbons (Fsp3) is 0.500. The zero-order chi connectivity index (χ0) is 19.8. The van der Waals surface area contributed by atoms with E-state index in [-0.39, 0.29) is 12.3 Å². The first kappa shape index (κ1) is 18.7. The number of carbonyl (C=O) groups is 2. The number of aryl methyl sites for hydroxylation is 1. The molecule has 0 unspecified atom stereocenters. The molecule has 4 rings (SSSR count). The molecule has 1 aromatic heterocycles. The van der Waals surface area contributed by atoms with Gasteiger partial charge < -0.3 is 10.0 Å². The third-order valence-corrected chi connectivity index (χ3v) is 6.40. The summed E-state index contributed by atoms with van der Waals surface area (Å²) in [5.41, 5.74) is 4.38. The number of aliphatic carboxylic acids is 1. The van der Waals surface area contributed by atoms with Crippen LogP contribution in [0.3, 0.4) is 0 Å². The first-order valence-corrected chi connectivity index (χ1v) is 10.1. The molecule has 2 heterocycles. The molecule has 148 valence electrons. The van der Waals surface area contributed by atoms with E-state index in [1.165, 1.54) is 19.3 Å². The van der Waals surface area contributed by atoms with Crippen LogP contribution in [0.5, 0.6) is 0 Å². The van der Waals surface area contributed by atoms with Crippen LogP contribution in [-0.2, 0) is 11.2 Å². The normalized spacial score (nSPS) is 21.1. The second-order valence-electron chi connectivity index (χ2n) is 8.16. The predicted molar refractivity (Wildman–Crippen MR) is 106 cm³/mol. The van der Waals surface area contributed by atoms with Crippen LogP contribution >= 0.6 is 0 Å². The molecule has 2 aliphatic rings. The Morgan fingerprint density at radius 3 is 2.36 bits per heavy atom. The molecule has 2 fully saturated rings. The van der Waals surface area contributed by atoms with Gasteiger partial charge >= 0.3 is 5.97 Å². The lowest BCUT2D eigenvalue weighted by Crippen LogP contribution is -2.29. The lowest BCUT2D eigenvalue weighted by atomic mass is 10.0. The largest absolute Gasteiger partial charge is 0.481 e. The van der Waals surface area contributed by atoms with Crippen molar-refractivity contribution in [3.05, 3.63) is 46.8 Å². The van der Waals surface area contributed by atoms with Gasteiger partial charge in [0.05, 0.1) is 11.4 Å². The quantitative estimate of drug-likeness (QED) is 0.861. The van der Waals surface area contributed by atoms with E-state index in [2.05, 4.69) is 5.10 Å². The van der Waals surface area contributed by atoms with Crippen molar-refractivity contribution in [3.63, 3.8) is 0 Å². The number of hydrogen-bond donors (Lipinski definition) is 1. The summed E-state index contributed by atoms with van der Waals surface area (Å²) in [5, 5.41) is 13.5. The summed E-state index contributed by atoms with van der Waals surface area (Å²) in [5.74, 6) is 0.709. The van der Waals surface area contributed by atoms with Crippen LogP contribution in [0, 0.1) is 25.7 Å². The van der Waals surface area contributed by atoms with Gasteiger partial charge in [0.2, 0.25) is 0 Å². The maximum absolute atomic E-state index is 12.8. The smallest absolute Gasteiger partial charge is 0.303 e. The molecule has 1 aliphatic carbocycles. The monoisotopic (exact) mass is 381 g/mol. The molecule has 1 amide bonds. The summed E-state index contributed by atoms with van der Waals surface area (Å²) in [6, 6.07) is 7.59. The summed E-state index contributed by atoms with van der Waals surface area (Å²) in [6.45, 7) is 5.66. The Kier molecular flexibility index (Phi) is 4.96. The van der Waals surface area contributed by atoms with Gasteiger partial charge in [-0.1, -0.05) is 6.42 Å². The first-order valence-electron chi connectivity index (χ1n) is 10.1. The van der Waals surface area contributed by atoms with E-state index in [1.807, 2.05) is 47.7 Å². The van der Waals surface area contributed by atoms with Crippen molar-refractivity contribution < 1.29 is 14.7 Å². The number of rotatable bonds is 5. The molecule has 6 nitrogen and oxygen atoms in total. The Balaban J connectivity index is 1.50. The topological polar surface area (TPSA) is 75.4 Å². The highest BCUT2D eigenvalue weighted by Gasteiger charge is 2.38. The van der Waals surface area contributed by atoms with Crippen LogP contribution in [0.2, 0.25) is 0 Å². The molecule has 1 N–H and O–H groups in total. The van der Waals surface area contributed by atoms with Crippen LogP contribution in [0.15, 0.2) is 24.3 Å². The van der Waals surface area contributed by atoms with Crippen LogP contribution in [0.1, 0.15) is 53.0 Å². The number of likely N-dealkylation sites (tertiary alicyclic amines) is 1. The zero-order valence-electron chi connectivity index (χ0n) is 16.5. The molecule has 2 atom stereocenters. The lowest BCUT2D eigenvalue weighted by molar-refractivity contribution is -0.136. The molecular formula is C22H27N3O3. The Morgan fingerprint density at radius 1 is 1.11 bits per heavy atom. The van der Waals surface area contributed by atoms with Gasteiger partial charge in [0.15, 0.2) is 0 Å². The molecule has 1 saturated carbocycles. The molecular weight excluding hydrogens is 354 g/mol. The van der Waals surface area contributed by atoms with Crippen LogP contribution in [-0.4, -0.2) is 44.8 Å². The summed E-state index contributed by atoms with van der Waals surface area (Å²) < 4.78 is 1.83. The molecule has 1 aliphatic heterocycles. The average molecular weight is 381 g/mol. The van der Waals surface area contributed by atoms with Crippen LogP contribution in [0.25, 0.3) is 5.69 Å².